The van der Waals surface area contributed by atoms with E-state index in [1.807, 2.05) is 0 Å². The first-order valence-electron chi connectivity index (χ1n) is 7.09. The van der Waals surface area contributed by atoms with Gasteiger partial charge in [0.05, 0.1) is 6.04 Å². The highest BCUT2D eigenvalue weighted by molar-refractivity contribution is 5.78. The first-order chi connectivity index (χ1) is 9.56. The number of rotatable bonds is 2. The number of carbonyl (C=O) groups excluding carboxylic acids is 1. The van der Waals surface area contributed by atoms with Crippen molar-refractivity contribution >= 4 is 5.91 Å². The third-order valence-corrected chi connectivity index (χ3v) is 4.09. The maximum Gasteiger partial charge on any atom is 0.223 e. The minimum Gasteiger partial charge on any atom is -0.331 e. The van der Waals surface area contributed by atoms with Crippen molar-refractivity contribution < 1.29 is 13.6 Å². The Kier molecular flexibility index (Phi) is 3.46. The summed E-state index contributed by atoms with van der Waals surface area (Å²) in [6.45, 7) is 0. The first-order valence-corrected chi connectivity index (χ1v) is 7.09. The summed E-state index contributed by atoms with van der Waals surface area (Å²) in [5.74, 6) is -1.20. The highest BCUT2D eigenvalue weighted by atomic mass is 19.1. The number of hydrogen-bond acceptors (Lipinski definition) is 2. The molecule has 0 spiro atoms. The molecule has 1 aromatic carbocycles. The van der Waals surface area contributed by atoms with Crippen LogP contribution in [0.5, 0.6) is 0 Å². The first kappa shape index (κ1) is 13.5. The van der Waals surface area contributed by atoms with Crippen LogP contribution in [0.25, 0.3) is 0 Å². The Balaban J connectivity index is 2.02. The lowest BCUT2D eigenvalue weighted by molar-refractivity contribution is -0.133. The summed E-state index contributed by atoms with van der Waals surface area (Å²) < 4.78 is 26.9. The molecule has 5 heteroatoms. The van der Waals surface area contributed by atoms with Crippen molar-refractivity contribution in [3.8, 4) is 0 Å². The van der Waals surface area contributed by atoms with Gasteiger partial charge in [0, 0.05) is 24.6 Å². The molecule has 2 aliphatic rings. The van der Waals surface area contributed by atoms with Crippen molar-refractivity contribution in [2.45, 2.75) is 50.2 Å². The maximum atomic E-state index is 13.5. The van der Waals surface area contributed by atoms with E-state index in [-0.39, 0.29) is 18.0 Å². The Labute approximate surface area is 116 Å². The molecule has 1 aliphatic carbocycles. The van der Waals surface area contributed by atoms with Gasteiger partial charge < -0.3 is 10.6 Å². The molecule has 1 amide bonds. The van der Waals surface area contributed by atoms with Crippen molar-refractivity contribution in [2.75, 3.05) is 0 Å². The van der Waals surface area contributed by atoms with Crippen LogP contribution in [0.1, 0.15) is 43.7 Å². The van der Waals surface area contributed by atoms with E-state index in [9.17, 15) is 13.6 Å². The molecule has 1 heterocycles. The largest absolute Gasteiger partial charge is 0.331 e. The van der Waals surface area contributed by atoms with Gasteiger partial charge in [0.2, 0.25) is 5.91 Å². The summed E-state index contributed by atoms with van der Waals surface area (Å²) in [6, 6.07) is 2.92. The van der Waals surface area contributed by atoms with Gasteiger partial charge in [-0.3, -0.25) is 4.79 Å². The third kappa shape index (κ3) is 2.54. The van der Waals surface area contributed by atoms with Gasteiger partial charge in [0.1, 0.15) is 11.6 Å². The monoisotopic (exact) mass is 280 g/mol. The molecule has 1 saturated heterocycles. The molecule has 1 aromatic rings. The van der Waals surface area contributed by atoms with Gasteiger partial charge in [-0.2, -0.15) is 0 Å². The standard InChI is InChI=1S/C15H18F2N2O/c16-10-6-9(7-11(17)8-10)15-13(18)2-1-3-14(20)19(15)12-4-5-12/h6-8,12-13,15H,1-5,18H2. The highest BCUT2D eigenvalue weighted by Crippen LogP contribution is 2.39. The normalized spacial score (nSPS) is 27.6. The fraction of sp³-hybridized carbons (Fsp3) is 0.533. The zero-order valence-electron chi connectivity index (χ0n) is 11.2. The molecule has 1 aliphatic heterocycles. The second-order valence-corrected chi connectivity index (χ2v) is 5.74. The molecule has 0 radical (unpaired) electrons. The van der Waals surface area contributed by atoms with E-state index >= 15 is 0 Å². The van der Waals surface area contributed by atoms with E-state index in [2.05, 4.69) is 0 Å². The number of nitrogens with two attached hydrogens (primary N) is 1. The number of hydrogen-bond donors (Lipinski definition) is 1. The minimum absolute atomic E-state index is 0.0510. The Morgan fingerprint density at radius 2 is 1.75 bits per heavy atom. The minimum atomic E-state index is -0.625. The summed E-state index contributed by atoms with van der Waals surface area (Å²) in [4.78, 5) is 14.0. The van der Waals surface area contributed by atoms with Gasteiger partial charge in [-0.15, -0.1) is 0 Å². The Bertz CT molecular complexity index is 510. The molecular weight excluding hydrogens is 262 g/mol. The van der Waals surface area contributed by atoms with E-state index in [0.29, 0.717) is 18.4 Å². The van der Waals surface area contributed by atoms with E-state index in [1.165, 1.54) is 12.1 Å². The fourth-order valence-corrected chi connectivity index (χ4v) is 3.07. The van der Waals surface area contributed by atoms with E-state index in [4.69, 9.17) is 5.73 Å². The van der Waals surface area contributed by atoms with Crippen molar-refractivity contribution in [1.82, 2.24) is 4.90 Å². The van der Waals surface area contributed by atoms with Crippen LogP contribution in [0.15, 0.2) is 18.2 Å². The van der Waals surface area contributed by atoms with Crippen molar-refractivity contribution in [1.29, 1.82) is 0 Å². The maximum absolute atomic E-state index is 13.5. The molecule has 1 saturated carbocycles. The number of halogens is 2. The number of likely N-dealkylation sites (tertiary alicyclic amines) is 1. The number of nitrogens with zero attached hydrogens (tertiary/aromatic N) is 1. The second-order valence-electron chi connectivity index (χ2n) is 5.74. The Morgan fingerprint density at radius 3 is 2.35 bits per heavy atom. The van der Waals surface area contributed by atoms with E-state index < -0.39 is 17.7 Å². The molecule has 108 valence electrons. The zero-order chi connectivity index (χ0) is 14.3. The summed E-state index contributed by atoms with van der Waals surface area (Å²) in [6.07, 6.45) is 3.80. The molecule has 2 fully saturated rings. The predicted molar refractivity (Wildman–Crippen MR) is 70.8 cm³/mol. The van der Waals surface area contributed by atoms with Gasteiger partial charge in [0.15, 0.2) is 0 Å². The van der Waals surface area contributed by atoms with Crippen LogP contribution in [-0.2, 0) is 4.79 Å². The van der Waals surface area contributed by atoms with Crippen molar-refractivity contribution in [3.63, 3.8) is 0 Å². The fourth-order valence-electron chi connectivity index (χ4n) is 3.07. The van der Waals surface area contributed by atoms with Crippen LogP contribution in [0.2, 0.25) is 0 Å². The van der Waals surface area contributed by atoms with Gasteiger partial charge in [-0.25, -0.2) is 8.78 Å². The molecule has 0 aromatic heterocycles. The lowest BCUT2D eigenvalue weighted by atomic mass is 9.96. The predicted octanol–water partition coefficient (Wildman–Crippen LogP) is 2.51. The van der Waals surface area contributed by atoms with Crippen molar-refractivity contribution in [2.24, 2.45) is 5.73 Å². The van der Waals surface area contributed by atoms with E-state index in [1.54, 1.807) is 4.90 Å². The Hall–Kier alpha value is -1.49. The number of carbonyl (C=O) groups is 1. The Morgan fingerprint density at radius 1 is 1.10 bits per heavy atom. The molecule has 2 unspecified atom stereocenters. The average Bonchev–Trinajstić information content (AvgIpc) is 3.17. The molecular formula is C15H18F2N2O. The van der Waals surface area contributed by atoms with Crippen LogP contribution in [0, 0.1) is 11.6 Å². The van der Waals surface area contributed by atoms with Crippen LogP contribution in [0.3, 0.4) is 0 Å². The molecule has 3 nitrogen and oxygen atoms in total. The lowest BCUT2D eigenvalue weighted by Crippen LogP contribution is -2.43. The van der Waals surface area contributed by atoms with Crippen molar-refractivity contribution in [3.05, 3.63) is 35.4 Å². The molecule has 0 bridgehead atoms. The second kappa shape index (κ2) is 5.13. The zero-order valence-corrected chi connectivity index (χ0v) is 11.2. The molecule has 2 N–H and O–H groups in total. The van der Waals surface area contributed by atoms with Crippen LogP contribution >= 0.6 is 0 Å². The van der Waals surface area contributed by atoms with Crippen LogP contribution < -0.4 is 5.73 Å². The quantitative estimate of drug-likeness (QED) is 0.904. The smallest absolute Gasteiger partial charge is 0.223 e. The van der Waals surface area contributed by atoms with Gasteiger partial charge in [-0.1, -0.05) is 0 Å². The number of benzene rings is 1. The molecule has 3 rings (SSSR count). The van der Waals surface area contributed by atoms with Crippen LogP contribution in [-0.4, -0.2) is 22.9 Å². The molecule has 2 atom stereocenters. The summed E-state index contributed by atoms with van der Waals surface area (Å²) >= 11 is 0. The van der Waals surface area contributed by atoms with E-state index in [0.717, 1.165) is 25.3 Å². The SMILES string of the molecule is NC1CCCC(=O)N(C2CC2)C1c1cc(F)cc(F)c1. The lowest BCUT2D eigenvalue weighted by Gasteiger charge is -2.34. The third-order valence-electron chi connectivity index (χ3n) is 4.09. The van der Waals surface area contributed by atoms with Gasteiger partial charge in [0.25, 0.3) is 0 Å². The average molecular weight is 280 g/mol. The van der Waals surface area contributed by atoms with Gasteiger partial charge in [-0.05, 0) is 43.4 Å². The molecule has 20 heavy (non-hydrogen) atoms. The highest BCUT2D eigenvalue weighted by Gasteiger charge is 2.41. The number of amides is 1. The summed E-state index contributed by atoms with van der Waals surface area (Å²) in [7, 11) is 0. The summed E-state index contributed by atoms with van der Waals surface area (Å²) in [5.41, 5.74) is 6.66. The topological polar surface area (TPSA) is 46.3 Å². The van der Waals surface area contributed by atoms with Gasteiger partial charge >= 0.3 is 0 Å². The van der Waals surface area contributed by atoms with Crippen LogP contribution in [0.4, 0.5) is 8.78 Å². The summed E-state index contributed by atoms with van der Waals surface area (Å²) in [5, 5.41) is 0.